The Hall–Kier alpha value is -0.160. The Morgan fingerprint density at radius 2 is 1.89 bits per heavy atom. The van der Waals surface area contributed by atoms with Crippen LogP contribution in [0.25, 0.3) is 0 Å². The molecule has 1 spiro atoms. The second kappa shape index (κ2) is 3.94. The van der Waals surface area contributed by atoms with E-state index < -0.39 is 11.4 Å². The minimum atomic E-state index is -0.647. The summed E-state index contributed by atoms with van der Waals surface area (Å²) in [6, 6.07) is 0. The van der Waals surface area contributed by atoms with Gasteiger partial charge in [-0.1, -0.05) is 13.8 Å². The molecule has 4 nitrogen and oxygen atoms in total. The average Bonchev–Trinajstić information content (AvgIpc) is 2.61. The molecule has 0 aromatic rings. The highest BCUT2D eigenvalue weighted by atomic mass is 17.3. The number of ether oxygens (including phenoxy) is 2. The van der Waals surface area contributed by atoms with Crippen LogP contribution in [0.2, 0.25) is 0 Å². The van der Waals surface area contributed by atoms with Crippen LogP contribution in [0.4, 0.5) is 0 Å². The zero-order chi connectivity index (χ0) is 13.3. The molecule has 7 atom stereocenters. The molecule has 5 fully saturated rings. The second-order valence-electron chi connectivity index (χ2n) is 7.04. The van der Waals surface area contributed by atoms with Crippen LogP contribution in [0.15, 0.2) is 0 Å². The summed E-state index contributed by atoms with van der Waals surface area (Å²) in [5, 5.41) is 0. The Bertz CT molecular complexity index is 386. The summed E-state index contributed by atoms with van der Waals surface area (Å²) >= 11 is 0. The summed E-state index contributed by atoms with van der Waals surface area (Å²) in [6.07, 6.45) is 4.11. The van der Waals surface area contributed by atoms with E-state index in [9.17, 15) is 0 Å². The summed E-state index contributed by atoms with van der Waals surface area (Å²) in [5.41, 5.74) is -0.401. The SMILES string of the molecule is CC1[CH]O[C@H]2OC3(C)CC[C@H]4[C@H](C)CCC1C24OO3. The molecule has 19 heavy (non-hydrogen) atoms. The molecular weight excluding hydrogens is 244 g/mol. The summed E-state index contributed by atoms with van der Waals surface area (Å²) < 4.78 is 12.0. The lowest BCUT2D eigenvalue weighted by Crippen LogP contribution is -2.68. The van der Waals surface area contributed by atoms with E-state index in [1.807, 2.05) is 13.5 Å². The molecule has 4 saturated heterocycles. The molecule has 1 aliphatic carbocycles. The third kappa shape index (κ3) is 1.54. The Morgan fingerprint density at radius 1 is 1.05 bits per heavy atom. The van der Waals surface area contributed by atoms with Crippen molar-refractivity contribution in [3.63, 3.8) is 0 Å². The Morgan fingerprint density at radius 3 is 2.74 bits per heavy atom. The summed E-state index contributed by atoms with van der Waals surface area (Å²) in [5.74, 6) is 1.29. The lowest BCUT2D eigenvalue weighted by molar-refractivity contribution is -0.563. The minimum Gasteiger partial charge on any atom is -0.343 e. The fourth-order valence-corrected chi connectivity index (χ4v) is 4.73. The van der Waals surface area contributed by atoms with Crippen molar-refractivity contribution in [1.82, 2.24) is 0 Å². The van der Waals surface area contributed by atoms with Crippen LogP contribution in [0.1, 0.15) is 46.5 Å². The van der Waals surface area contributed by atoms with E-state index in [1.54, 1.807) is 0 Å². The highest BCUT2D eigenvalue weighted by Gasteiger charge is 2.67. The van der Waals surface area contributed by atoms with Crippen molar-refractivity contribution in [3.8, 4) is 0 Å². The van der Waals surface area contributed by atoms with Gasteiger partial charge in [0, 0.05) is 12.3 Å². The molecule has 1 saturated carbocycles. The largest absolute Gasteiger partial charge is 0.343 e. The van der Waals surface area contributed by atoms with Gasteiger partial charge in [-0.3, -0.25) is 0 Å². The maximum atomic E-state index is 6.12. The molecule has 0 N–H and O–H groups in total. The number of hydrogen-bond donors (Lipinski definition) is 0. The molecule has 0 amide bonds. The molecule has 4 aliphatic heterocycles. The first-order valence-corrected chi connectivity index (χ1v) is 7.59. The van der Waals surface area contributed by atoms with Gasteiger partial charge in [0.25, 0.3) is 0 Å². The van der Waals surface area contributed by atoms with Crippen molar-refractivity contribution in [3.05, 3.63) is 6.61 Å². The average molecular weight is 267 g/mol. The molecule has 5 rings (SSSR count). The standard InChI is InChI=1S/C15H23O4/c1-9-4-5-11-10(2)8-16-13-15(11)12(9)6-7-14(3,17-13)18-19-15/h8-13H,4-7H2,1-3H3/t9-,10?,11?,12+,13+,14?,15?/m1/s1. The maximum Gasteiger partial charge on any atom is 0.201 e. The van der Waals surface area contributed by atoms with Crippen molar-refractivity contribution in [2.45, 2.75) is 64.1 Å². The highest BCUT2D eigenvalue weighted by Crippen LogP contribution is 2.60. The van der Waals surface area contributed by atoms with Gasteiger partial charge < -0.3 is 9.47 Å². The van der Waals surface area contributed by atoms with E-state index in [4.69, 9.17) is 19.2 Å². The van der Waals surface area contributed by atoms with E-state index in [0.29, 0.717) is 23.7 Å². The lowest BCUT2D eigenvalue weighted by atomic mass is 9.58. The topological polar surface area (TPSA) is 36.9 Å². The van der Waals surface area contributed by atoms with Gasteiger partial charge in [-0.05, 0) is 43.9 Å². The molecule has 2 bridgehead atoms. The van der Waals surface area contributed by atoms with Crippen LogP contribution in [0, 0.1) is 30.3 Å². The molecule has 4 heterocycles. The lowest BCUT2D eigenvalue weighted by Gasteiger charge is -2.58. The first-order valence-electron chi connectivity index (χ1n) is 7.59. The van der Waals surface area contributed by atoms with Crippen molar-refractivity contribution in [2.75, 3.05) is 0 Å². The van der Waals surface area contributed by atoms with Gasteiger partial charge in [-0.15, -0.1) is 0 Å². The van der Waals surface area contributed by atoms with E-state index in [2.05, 4.69) is 13.8 Å². The molecule has 0 aromatic carbocycles. The van der Waals surface area contributed by atoms with E-state index >= 15 is 0 Å². The normalized spacial score (nSPS) is 60.5. The number of hydrogen-bond acceptors (Lipinski definition) is 4. The van der Waals surface area contributed by atoms with Crippen molar-refractivity contribution >= 4 is 0 Å². The Balaban J connectivity index is 1.81. The van der Waals surface area contributed by atoms with Gasteiger partial charge in [0.2, 0.25) is 5.79 Å². The highest BCUT2D eigenvalue weighted by molar-refractivity contribution is 5.09. The van der Waals surface area contributed by atoms with Crippen LogP contribution in [-0.4, -0.2) is 17.7 Å². The third-order valence-corrected chi connectivity index (χ3v) is 5.83. The molecule has 5 aliphatic rings. The van der Waals surface area contributed by atoms with Gasteiger partial charge >= 0.3 is 0 Å². The van der Waals surface area contributed by atoms with E-state index in [0.717, 1.165) is 12.8 Å². The third-order valence-electron chi connectivity index (χ3n) is 5.83. The van der Waals surface area contributed by atoms with Gasteiger partial charge in [0.1, 0.15) is 0 Å². The number of rotatable bonds is 0. The van der Waals surface area contributed by atoms with Crippen LogP contribution in [0.5, 0.6) is 0 Å². The minimum absolute atomic E-state index is 0.303. The van der Waals surface area contributed by atoms with E-state index in [1.165, 1.54) is 12.8 Å². The van der Waals surface area contributed by atoms with E-state index in [-0.39, 0.29) is 6.29 Å². The zero-order valence-electron chi connectivity index (χ0n) is 11.9. The fraction of sp³-hybridized carbons (Fsp3) is 0.933. The Labute approximate surface area is 114 Å². The van der Waals surface area contributed by atoms with Crippen molar-refractivity contribution < 1.29 is 19.2 Å². The molecular formula is C15H23O4. The van der Waals surface area contributed by atoms with Crippen LogP contribution < -0.4 is 0 Å². The van der Waals surface area contributed by atoms with Crippen LogP contribution in [-0.2, 0) is 19.2 Å². The van der Waals surface area contributed by atoms with Gasteiger partial charge in [-0.25, -0.2) is 9.78 Å². The van der Waals surface area contributed by atoms with Crippen molar-refractivity contribution in [2.24, 2.45) is 23.7 Å². The Kier molecular flexibility index (Phi) is 2.61. The fourth-order valence-electron chi connectivity index (χ4n) is 4.73. The van der Waals surface area contributed by atoms with Gasteiger partial charge in [0.15, 0.2) is 11.9 Å². The van der Waals surface area contributed by atoms with Crippen LogP contribution >= 0.6 is 0 Å². The van der Waals surface area contributed by atoms with Crippen molar-refractivity contribution in [1.29, 1.82) is 0 Å². The summed E-state index contributed by atoms with van der Waals surface area (Å²) in [7, 11) is 0. The summed E-state index contributed by atoms with van der Waals surface area (Å²) in [4.78, 5) is 11.7. The molecule has 4 unspecified atom stereocenters. The first-order chi connectivity index (χ1) is 9.05. The number of fused-ring (bicyclic) bond motifs is 2. The molecule has 107 valence electrons. The smallest absolute Gasteiger partial charge is 0.201 e. The van der Waals surface area contributed by atoms with Crippen LogP contribution in [0.3, 0.4) is 0 Å². The quantitative estimate of drug-likeness (QED) is 0.632. The maximum absolute atomic E-state index is 6.12. The molecule has 1 radical (unpaired) electrons. The summed E-state index contributed by atoms with van der Waals surface area (Å²) in [6.45, 7) is 8.45. The molecule has 0 aromatic heterocycles. The van der Waals surface area contributed by atoms with Gasteiger partial charge in [-0.2, -0.15) is 0 Å². The first kappa shape index (κ1) is 12.6. The monoisotopic (exact) mass is 267 g/mol. The zero-order valence-corrected chi connectivity index (χ0v) is 11.9. The van der Waals surface area contributed by atoms with Gasteiger partial charge in [0.05, 0.1) is 6.61 Å². The predicted molar refractivity (Wildman–Crippen MR) is 67.3 cm³/mol. The second-order valence-corrected chi connectivity index (χ2v) is 7.04. The molecule has 4 heteroatoms. The predicted octanol–water partition coefficient (Wildman–Crippen LogP) is 3.03.